The topological polar surface area (TPSA) is 153 Å². The molecule has 0 unspecified atom stereocenters. The minimum absolute atomic E-state index is 0.0988. The van der Waals surface area contributed by atoms with Gasteiger partial charge in [-0.2, -0.15) is 5.10 Å². The number of anilines is 1. The number of amides is 1. The molecule has 0 atom stereocenters. The zero-order valence-corrected chi connectivity index (χ0v) is 36.1. The summed E-state index contributed by atoms with van der Waals surface area (Å²) in [5.41, 5.74) is 8.49. The van der Waals surface area contributed by atoms with Gasteiger partial charge in [-0.1, -0.05) is 54.8 Å². The summed E-state index contributed by atoms with van der Waals surface area (Å²) in [4.78, 5) is 20.8. The van der Waals surface area contributed by atoms with Crippen molar-refractivity contribution in [2.75, 3.05) is 57.4 Å². The van der Waals surface area contributed by atoms with Crippen LogP contribution in [0.15, 0.2) is 82.4 Å². The lowest BCUT2D eigenvalue weighted by Crippen LogP contribution is -2.47. The van der Waals surface area contributed by atoms with E-state index in [9.17, 15) is 9.18 Å². The maximum Gasteiger partial charge on any atom is 0.252 e. The molecule has 2 aromatic heterocycles. The molecule has 12 nitrogen and oxygen atoms in total. The molecule has 0 saturated carbocycles. The monoisotopic (exact) mass is 894 g/mol. The number of pyridine rings is 1. The third kappa shape index (κ3) is 9.22. The lowest BCUT2D eigenvalue weighted by molar-refractivity contribution is -0.0331. The third-order valence-electron chi connectivity index (χ3n) is 11.8. The predicted octanol–water partition coefficient (Wildman–Crippen LogP) is 8.81. The molecule has 4 heterocycles. The smallest absolute Gasteiger partial charge is 0.252 e. The van der Waals surface area contributed by atoms with Crippen LogP contribution in [0.1, 0.15) is 61.9 Å². The molecule has 322 valence electrons. The molecule has 0 radical (unpaired) electrons. The van der Waals surface area contributed by atoms with Crippen molar-refractivity contribution < 1.29 is 36.2 Å². The Hall–Kier alpha value is -4.80. The first-order valence-electron chi connectivity index (χ1n) is 20.1. The Labute approximate surface area is 362 Å². The Morgan fingerprint density at radius 2 is 1.74 bits per heavy atom. The fourth-order valence-corrected chi connectivity index (χ4v) is 10.3. The van der Waals surface area contributed by atoms with Gasteiger partial charge in [-0.25, -0.2) is 22.2 Å². The van der Waals surface area contributed by atoms with Gasteiger partial charge in [0.25, 0.3) is 5.91 Å². The number of ether oxygens (including phenoxy) is 3. The molecule has 1 aliphatic carbocycles. The minimum atomic E-state index is -4.67. The number of H-pyrrole nitrogens is 1. The van der Waals surface area contributed by atoms with Crippen LogP contribution in [-0.4, -0.2) is 92.6 Å². The number of carbonyl (C=O) groups excluding carboxylic acids is 1. The number of hydrogen-bond donors (Lipinski definition) is 2. The van der Waals surface area contributed by atoms with Crippen LogP contribution in [0.2, 0.25) is 10.0 Å². The number of nitrogens with one attached hydrogen (secondary N) is 1. The number of rotatable bonds is 12. The van der Waals surface area contributed by atoms with Gasteiger partial charge in [0.2, 0.25) is 15.7 Å². The van der Waals surface area contributed by atoms with Crippen molar-refractivity contribution in [2.45, 2.75) is 61.4 Å². The van der Waals surface area contributed by atoms with Gasteiger partial charge in [0.05, 0.1) is 39.4 Å². The van der Waals surface area contributed by atoms with Crippen LogP contribution < -0.4 is 20.1 Å². The first-order chi connectivity index (χ1) is 29.1. The van der Waals surface area contributed by atoms with E-state index < -0.39 is 37.9 Å². The Balaban J connectivity index is 1.15. The van der Waals surface area contributed by atoms with E-state index in [1.807, 2.05) is 17.0 Å². The van der Waals surface area contributed by atoms with Crippen molar-refractivity contribution in [2.24, 2.45) is 11.1 Å². The van der Waals surface area contributed by atoms with Gasteiger partial charge in [0.15, 0.2) is 5.75 Å². The maximum absolute atomic E-state index is 15.3. The number of aromatic nitrogens is 3. The van der Waals surface area contributed by atoms with Gasteiger partial charge >= 0.3 is 0 Å². The number of primary amides is 1. The van der Waals surface area contributed by atoms with Crippen molar-refractivity contribution in [3.05, 3.63) is 99.6 Å². The molecular formula is C44H46Cl2F2N6O6S. The second-order valence-electron chi connectivity index (χ2n) is 16.7. The molecule has 8 rings (SSSR count). The van der Waals surface area contributed by atoms with E-state index in [1.165, 1.54) is 35.5 Å². The number of allylic oxidation sites excluding steroid dienone is 1. The summed E-state index contributed by atoms with van der Waals surface area (Å²) in [6, 6.07) is 14.4. The third-order valence-corrected chi connectivity index (χ3v) is 14.1. The molecule has 0 spiro atoms. The molecule has 0 bridgehead atoms. The first-order valence-corrected chi connectivity index (χ1v) is 22.3. The van der Waals surface area contributed by atoms with Crippen molar-refractivity contribution in [1.29, 1.82) is 0 Å². The molecule has 2 fully saturated rings. The maximum atomic E-state index is 15.3. The Morgan fingerprint density at radius 3 is 2.44 bits per heavy atom. The zero-order chi connectivity index (χ0) is 43.1. The summed E-state index contributed by atoms with van der Waals surface area (Å²) in [5.74, 6) is -2.32. The van der Waals surface area contributed by atoms with E-state index in [0.717, 1.165) is 49.7 Å². The average Bonchev–Trinajstić information content (AvgIpc) is 3.70. The number of alkyl halides is 1. The number of nitrogens with zero attached hydrogens (tertiary/aromatic N) is 4. The van der Waals surface area contributed by atoms with Crippen LogP contribution in [0.25, 0.3) is 16.5 Å². The SMILES string of the molecule is CC1(C)CCC(CN2CCN(c3ccc(C(N)=O)c(Oc4cc(F)cc5[nH]ncc45)c3S(=O)(=O)c3cnc(OCC4(F)CCOCC4)c(Cl)c3)CC2)=C(c2ccc(Cl)cc2)C1. The highest BCUT2D eigenvalue weighted by Gasteiger charge is 2.37. The number of halogens is 4. The van der Waals surface area contributed by atoms with Gasteiger partial charge in [-0.3, -0.25) is 14.8 Å². The van der Waals surface area contributed by atoms with Gasteiger partial charge in [-0.05, 0) is 72.2 Å². The van der Waals surface area contributed by atoms with E-state index in [4.69, 9.17) is 43.1 Å². The van der Waals surface area contributed by atoms with Gasteiger partial charge in [0.1, 0.15) is 33.8 Å². The van der Waals surface area contributed by atoms with Gasteiger partial charge < -0.3 is 24.8 Å². The molecule has 2 aliphatic heterocycles. The number of fused-ring (bicyclic) bond motifs is 1. The van der Waals surface area contributed by atoms with Crippen molar-refractivity contribution in [3.63, 3.8) is 0 Å². The van der Waals surface area contributed by atoms with Crippen LogP contribution >= 0.6 is 23.2 Å². The highest BCUT2D eigenvalue weighted by molar-refractivity contribution is 7.91. The lowest BCUT2D eigenvalue weighted by Gasteiger charge is -2.40. The molecule has 61 heavy (non-hydrogen) atoms. The van der Waals surface area contributed by atoms with Crippen LogP contribution in [0.5, 0.6) is 17.4 Å². The van der Waals surface area contributed by atoms with Crippen molar-refractivity contribution in [3.8, 4) is 17.4 Å². The highest BCUT2D eigenvalue weighted by atomic mass is 35.5. The highest BCUT2D eigenvalue weighted by Crippen LogP contribution is 2.46. The molecule has 3 aliphatic rings. The van der Waals surface area contributed by atoms with Crippen LogP contribution in [0, 0.1) is 11.2 Å². The summed E-state index contributed by atoms with van der Waals surface area (Å²) in [6.45, 7) is 7.49. The number of aromatic amines is 1. The summed E-state index contributed by atoms with van der Waals surface area (Å²) in [5, 5.41) is 7.52. The number of benzene rings is 3. The Morgan fingerprint density at radius 1 is 1.00 bits per heavy atom. The number of hydrogen-bond acceptors (Lipinski definition) is 10. The van der Waals surface area contributed by atoms with Crippen LogP contribution in [-0.2, 0) is 14.6 Å². The number of piperazine rings is 1. The lowest BCUT2D eigenvalue weighted by atomic mass is 9.72. The van der Waals surface area contributed by atoms with Gasteiger partial charge in [-0.15, -0.1) is 0 Å². The van der Waals surface area contributed by atoms with E-state index in [1.54, 1.807) is 0 Å². The Bertz CT molecular complexity index is 2610. The van der Waals surface area contributed by atoms with Crippen molar-refractivity contribution in [1.82, 2.24) is 20.1 Å². The fraction of sp³-hybridized carbons (Fsp3) is 0.386. The summed E-state index contributed by atoms with van der Waals surface area (Å²) in [7, 11) is -4.67. The van der Waals surface area contributed by atoms with E-state index in [0.29, 0.717) is 36.6 Å². The van der Waals surface area contributed by atoms with Crippen LogP contribution in [0.3, 0.4) is 0 Å². The molecule has 1 amide bonds. The average molecular weight is 896 g/mol. The molecule has 3 N–H and O–H groups in total. The number of nitrogens with two attached hydrogens (primary N) is 1. The zero-order valence-electron chi connectivity index (χ0n) is 33.8. The molecule has 17 heteroatoms. The molecular weight excluding hydrogens is 849 g/mol. The van der Waals surface area contributed by atoms with E-state index in [-0.39, 0.29) is 76.4 Å². The molecule has 5 aromatic rings. The first kappa shape index (κ1) is 42.9. The Kier molecular flexibility index (Phi) is 12.1. The largest absolute Gasteiger partial charge is 0.473 e. The summed E-state index contributed by atoms with van der Waals surface area (Å²) < 4.78 is 77.6. The van der Waals surface area contributed by atoms with Gasteiger partial charge in [0, 0.05) is 69.9 Å². The van der Waals surface area contributed by atoms with Crippen molar-refractivity contribution >= 4 is 61.1 Å². The number of sulfone groups is 1. The summed E-state index contributed by atoms with van der Waals surface area (Å²) in [6.07, 6.45) is 5.67. The minimum Gasteiger partial charge on any atom is -0.473 e. The van der Waals surface area contributed by atoms with E-state index >= 15 is 12.8 Å². The molecule has 3 aromatic carbocycles. The standard InChI is InChI=1S/C44H46Cl2F2N6O6S/c1-43(2)10-9-28(33(22-43)27-3-5-29(45)6-4-27)25-53-13-15-54(16-14-53)37-8-7-32(41(49)55)39(60-38-20-30(47)19-36-34(38)24-51-52-36)40(37)61(56,57)31-21-35(46)42(50-23-31)59-26-44(48)11-17-58-18-12-44/h3-8,19-21,23-24H,9-18,22,25-26H2,1-2H3,(H2,49,55)(H,51,52). The normalized spacial score (nSPS) is 18.4. The quantitative estimate of drug-likeness (QED) is 0.124. The second kappa shape index (κ2) is 17.2. The second-order valence-corrected chi connectivity index (χ2v) is 19.4. The molecule has 2 saturated heterocycles. The fourth-order valence-electron chi connectivity index (χ4n) is 8.27. The van der Waals surface area contributed by atoms with E-state index in [2.05, 4.69) is 46.1 Å². The predicted molar refractivity (Wildman–Crippen MR) is 230 cm³/mol. The summed E-state index contributed by atoms with van der Waals surface area (Å²) >= 11 is 12.8. The van der Waals surface area contributed by atoms with Crippen LogP contribution in [0.4, 0.5) is 14.5 Å². The number of carbonyl (C=O) groups is 1.